The van der Waals surface area contributed by atoms with E-state index in [-0.39, 0.29) is 17.9 Å². The number of carbonyl (C=O) groups excluding carboxylic acids is 1. The van der Waals surface area contributed by atoms with Crippen LogP contribution in [0.5, 0.6) is 0 Å². The number of nitrogens with two attached hydrogens (primary N) is 1. The van der Waals surface area contributed by atoms with E-state index >= 15 is 0 Å². The lowest BCUT2D eigenvalue weighted by Crippen LogP contribution is -2.31. The second kappa shape index (κ2) is 5.77. The molecule has 2 N–H and O–H groups in total. The molecule has 2 rings (SSSR count). The molecule has 1 saturated heterocycles. The summed E-state index contributed by atoms with van der Waals surface area (Å²) in [5.41, 5.74) is 6.41. The van der Waals surface area contributed by atoms with E-state index in [1.54, 1.807) is 13.3 Å². The van der Waals surface area contributed by atoms with Crippen molar-refractivity contribution in [3.8, 4) is 0 Å². The van der Waals surface area contributed by atoms with Crippen LogP contribution in [0.4, 0.5) is 5.95 Å². The molecule has 1 amide bonds. The van der Waals surface area contributed by atoms with E-state index in [1.165, 1.54) is 0 Å². The van der Waals surface area contributed by atoms with Gasteiger partial charge in [-0.3, -0.25) is 4.79 Å². The van der Waals surface area contributed by atoms with Crippen LogP contribution in [0.25, 0.3) is 0 Å². The molecule has 1 aliphatic rings. The molecule has 1 aromatic rings. The molecule has 0 bridgehead atoms. The lowest BCUT2D eigenvalue weighted by atomic mass is 10.1. The Balaban J connectivity index is 2.10. The zero-order valence-electron chi connectivity index (χ0n) is 10.5. The number of aromatic nitrogens is 2. The second-order valence-corrected chi connectivity index (χ2v) is 4.33. The smallest absolute Gasteiger partial charge is 0.225 e. The van der Waals surface area contributed by atoms with E-state index in [9.17, 15) is 4.79 Å². The monoisotopic (exact) mass is 250 g/mol. The molecular formula is C12H18N4O2. The lowest BCUT2D eigenvalue weighted by Gasteiger charge is -2.24. The van der Waals surface area contributed by atoms with Crippen LogP contribution in [0.15, 0.2) is 12.3 Å². The Hall–Kier alpha value is -1.69. The van der Waals surface area contributed by atoms with E-state index in [0.29, 0.717) is 13.0 Å². The minimum atomic E-state index is 0.0275. The number of carbonyl (C=O) groups is 1. The molecule has 0 saturated carbocycles. The third-order valence-corrected chi connectivity index (χ3v) is 3.13. The maximum absolute atomic E-state index is 12.0. The quantitative estimate of drug-likeness (QED) is 0.853. The van der Waals surface area contributed by atoms with Gasteiger partial charge in [0.1, 0.15) is 0 Å². The molecule has 1 fully saturated rings. The fourth-order valence-corrected chi connectivity index (χ4v) is 2.28. The third-order valence-electron chi connectivity index (χ3n) is 3.13. The van der Waals surface area contributed by atoms with Gasteiger partial charge in [-0.15, -0.1) is 0 Å². The summed E-state index contributed by atoms with van der Waals surface area (Å²) in [6.07, 6.45) is 3.96. The largest absolute Gasteiger partial charge is 0.384 e. The highest BCUT2D eigenvalue weighted by Gasteiger charge is 2.30. The van der Waals surface area contributed by atoms with Crippen LogP contribution in [-0.4, -0.2) is 41.0 Å². The lowest BCUT2D eigenvalue weighted by molar-refractivity contribution is -0.133. The number of hydrogen-bond donors (Lipinski definition) is 1. The van der Waals surface area contributed by atoms with Crippen LogP contribution < -0.4 is 5.73 Å². The topological polar surface area (TPSA) is 81.3 Å². The average molecular weight is 250 g/mol. The number of nitrogen functional groups attached to an aromatic ring is 1. The number of anilines is 1. The summed E-state index contributed by atoms with van der Waals surface area (Å²) in [5, 5.41) is 0. The second-order valence-electron chi connectivity index (χ2n) is 4.33. The standard InChI is InChI=1S/C12H18N4O2/c1-18-8-5-11(17)16-7-2-3-10(16)9-4-6-14-12(13)15-9/h4,6,10H,2-3,5,7-8H2,1H3,(H2,13,14,15)/t10-/m0/s1. The summed E-state index contributed by atoms with van der Waals surface area (Å²) in [4.78, 5) is 22.0. The van der Waals surface area contributed by atoms with E-state index < -0.39 is 0 Å². The molecule has 0 unspecified atom stereocenters. The van der Waals surface area contributed by atoms with Crippen LogP contribution in [0.1, 0.15) is 31.0 Å². The van der Waals surface area contributed by atoms with Gasteiger partial charge in [-0.05, 0) is 18.9 Å². The van der Waals surface area contributed by atoms with Crippen molar-refractivity contribution in [1.82, 2.24) is 14.9 Å². The zero-order valence-corrected chi connectivity index (χ0v) is 10.5. The van der Waals surface area contributed by atoms with Gasteiger partial charge in [0.25, 0.3) is 0 Å². The first-order valence-corrected chi connectivity index (χ1v) is 6.09. The van der Waals surface area contributed by atoms with Crippen molar-refractivity contribution in [2.45, 2.75) is 25.3 Å². The molecule has 1 aliphatic heterocycles. The summed E-state index contributed by atoms with van der Waals surface area (Å²) in [5.74, 6) is 0.361. The van der Waals surface area contributed by atoms with Crippen LogP contribution in [0, 0.1) is 0 Å². The van der Waals surface area contributed by atoms with Crippen LogP contribution in [-0.2, 0) is 9.53 Å². The molecule has 0 aliphatic carbocycles. The Morgan fingerprint density at radius 1 is 1.67 bits per heavy atom. The van der Waals surface area contributed by atoms with Gasteiger partial charge in [0.15, 0.2) is 0 Å². The summed E-state index contributed by atoms with van der Waals surface area (Å²) in [6, 6.07) is 1.85. The maximum Gasteiger partial charge on any atom is 0.225 e. The fraction of sp³-hybridized carbons (Fsp3) is 0.583. The number of hydrogen-bond acceptors (Lipinski definition) is 5. The van der Waals surface area contributed by atoms with E-state index in [0.717, 1.165) is 25.1 Å². The molecule has 98 valence electrons. The Kier molecular flexibility index (Phi) is 4.09. The van der Waals surface area contributed by atoms with Crippen molar-refractivity contribution in [1.29, 1.82) is 0 Å². The van der Waals surface area contributed by atoms with Gasteiger partial charge in [-0.25, -0.2) is 9.97 Å². The van der Waals surface area contributed by atoms with Crippen molar-refractivity contribution < 1.29 is 9.53 Å². The normalized spacial score (nSPS) is 19.2. The molecule has 1 aromatic heterocycles. The van der Waals surface area contributed by atoms with Crippen LogP contribution in [0.2, 0.25) is 0 Å². The summed E-state index contributed by atoms with van der Waals surface area (Å²) >= 11 is 0. The fourth-order valence-electron chi connectivity index (χ4n) is 2.28. The molecule has 6 heteroatoms. The van der Waals surface area contributed by atoms with E-state index in [1.807, 2.05) is 11.0 Å². The Morgan fingerprint density at radius 2 is 2.50 bits per heavy atom. The minimum absolute atomic E-state index is 0.0275. The SMILES string of the molecule is COCCC(=O)N1CCC[C@H]1c1ccnc(N)n1. The van der Waals surface area contributed by atoms with Gasteiger partial charge in [-0.2, -0.15) is 0 Å². The van der Waals surface area contributed by atoms with E-state index in [2.05, 4.69) is 9.97 Å². The van der Waals surface area contributed by atoms with Crippen molar-refractivity contribution in [3.05, 3.63) is 18.0 Å². The number of ether oxygens (including phenoxy) is 1. The first-order chi connectivity index (χ1) is 8.72. The van der Waals surface area contributed by atoms with Crippen molar-refractivity contribution >= 4 is 11.9 Å². The average Bonchev–Trinajstić information content (AvgIpc) is 2.85. The van der Waals surface area contributed by atoms with Crippen LogP contribution >= 0.6 is 0 Å². The first kappa shape index (κ1) is 12.8. The molecule has 6 nitrogen and oxygen atoms in total. The number of methoxy groups -OCH3 is 1. The number of rotatable bonds is 4. The molecule has 0 spiro atoms. The van der Waals surface area contributed by atoms with Crippen molar-refractivity contribution in [2.75, 3.05) is 26.0 Å². The molecule has 0 radical (unpaired) electrons. The van der Waals surface area contributed by atoms with Gasteiger partial charge in [0.05, 0.1) is 24.8 Å². The highest BCUT2D eigenvalue weighted by atomic mass is 16.5. The predicted molar refractivity (Wildman–Crippen MR) is 66.6 cm³/mol. The molecule has 18 heavy (non-hydrogen) atoms. The zero-order chi connectivity index (χ0) is 13.0. The predicted octanol–water partition coefficient (Wildman–Crippen LogP) is 0.759. The minimum Gasteiger partial charge on any atom is -0.384 e. The maximum atomic E-state index is 12.0. The Labute approximate surface area is 106 Å². The highest BCUT2D eigenvalue weighted by molar-refractivity contribution is 5.77. The van der Waals surface area contributed by atoms with Crippen molar-refractivity contribution in [2.24, 2.45) is 0 Å². The van der Waals surface area contributed by atoms with Gasteiger partial charge in [0, 0.05) is 19.9 Å². The first-order valence-electron chi connectivity index (χ1n) is 6.09. The molecular weight excluding hydrogens is 232 g/mol. The number of nitrogens with zero attached hydrogens (tertiary/aromatic N) is 3. The summed E-state index contributed by atoms with van der Waals surface area (Å²) < 4.78 is 4.94. The number of likely N-dealkylation sites (tertiary alicyclic amines) is 1. The van der Waals surface area contributed by atoms with E-state index in [4.69, 9.17) is 10.5 Å². The molecule has 1 atom stereocenters. The summed E-state index contributed by atoms with van der Waals surface area (Å²) in [6.45, 7) is 1.23. The van der Waals surface area contributed by atoms with Gasteiger partial charge < -0.3 is 15.4 Å². The Morgan fingerprint density at radius 3 is 3.22 bits per heavy atom. The Bertz CT molecular complexity index is 424. The molecule has 2 heterocycles. The van der Waals surface area contributed by atoms with Crippen LogP contribution in [0.3, 0.4) is 0 Å². The summed E-state index contributed by atoms with van der Waals surface area (Å²) in [7, 11) is 1.60. The van der Waals surface area contributed by atoms with Gasteiger partial charge in [-0.1, -0.05) is 0 Å². The van der Waals surface area contributed by atoms with Crippen molar-refractivity contribution in [3.63, 3.8) is 0 Å². The highest BCUT2D eigenvalue weighted by Crippen LogP contribution is 2.31. The number of amides is 1. The third kappa shape index (κ3) is 2.76. The van der Waals surface area contributed by atoms with Gasteiger partial charge in [0.2, 0.25) is 11.9 Å². The van der Waals surface area contributed by atoms with Gasteiger partial charge >= 0.3 is 0 Å². The molecule has 0 aromatic carbocycles.